The van der Waals surface area contributed by atoms with Crippen LogP contribution in [0.5, 0.6) is 0 Å². The van der Waals surface area contributed by atoms with Crippen LogP contribution in [0.2, 0.25) is 0 Å². The number of halogens is 1. The van der Waals surface area contributed by atoms with Crippen LogP contribution in [0.1, 0.15) is 37.0 Å². The number of sulfonamides is 1. The molecular weight excluding hydrogens is 501 g/mol. The Morgan fingerprint density at radius 2 is 1.75 bits per heavy atom. The van der Waals surface area contributed by atoms with E-state index < -0.39 is 15.8 Å². The summed E-state index contributed by atoms with van der Waals surface area (Å²) in [5, 5.41) is 4.55. The molecule has 0 saturated carbocycles. The monoisotopic (exact) mass is 529 g/mol. The lowest BCUT2D eigenvalue weighted by molar-refractivity contribution is 0.0985. The Kier molecular flexibility index (Phi) is 8.12. The van der Waals surface area contributed by atoms with Gasteiger partial charge in [-0.05, 0) is 55.3 Å². The van der Waals surface area contributed by atoms with E-state index in [0.717, 1.165) is 0 Å². The number of para-hydroxylation sites is 1. The summed E-state index contributed by atoms with van der Waals surface area (Å²) in [6, 6.07) is 12.4. The molecular formula is C25H28FN5O3S2. The van der Waals surface area contributed by atoms with Crippen LogP contribution in [-0.2, 0) is 16.6 Å². The van der Waals surface area contributed by atoms with E-state index in [2.05, 4.69) is 10.1 Å². The normalized spacial score (nSPS) is 11.9. The van der Waals surface area contributed by atoms with E-state index in [4.69, 9.17) is 0 Å². The van der Waals surface area contributed by atoms with Crippen molar-refractivity contribution in [3.8, 4) is 0 Å². The molecule has 1 amide bonds. The fourth-order valence-electron chi connectivity index (χ4n) is 3.86. The molecule has 0 unspecified atom stereocenters. The predicted octanol–water partition coefficient (Wildman–Crippen LogP) is 4.79. The molecule has 0 atom stereocenters. The van der Waals surface area contributed by atoms with Gasteiger partial charge in [-0.15, -0.1) is 0 Å². The molecule has 4 aromatic rings. The molecule has 0 N–H and O–H groups in total. The average molecular weight is 530 g/mol. The minimum absolute atomic E-state index is 0.145. The fourth-order valence-corrected chi connectivity index (χ4v) is 6.49. The summed E-state index contributed by atoms with van der Waals surface area (Å²) in [6.07, 6.45) is 4.87. The van der Waals surface area contributed by atoms with Gasteiger partial charge in [-0.25, -0.2) is 17.8 Å². The number of carbonyl (C=O) groups excluding carboxylic acids is 1. The highest BCUT2D eigenvalue weighted by molar-refractivity contribution is 7.89. The number of nitrogens with zero attached hydrogens (tertiary/aromatic N) is 5. The lowest BCUT2D eigenvalue weighted by atomic mass is 10.2. The van der Waals surface area contributed by atoms with Gasteiger partial charge in [0.15, 0.2) is 5.13 Å². The Balaban J connectivity index is 1.64. The summed E-state index contributed by atoms with van der Waals surface area (Å²) in [5.41, 5.74) is 0.523. The molecule has 2 aromatic heterocycles. The summed E-state index contributed by atoms with van der Waals surface area (Å²) in [5.74, 6) is -0.808. The van der Waals surface area contributed by atoms with Gasteiger partial charge in [0.1, 0.15) is 11.3 Å². The molecule has 0 aliphatic rings. The zero-order valence-corrected chi connectivity index (χ0v) is 21.8. The smallest absolute Gasteiger partial charge is 0.260 e. The van der Waals surface area contributed by atoms with Gasteiger partial charge in [0.05, 0.1) is 16.1 Å². The van der Waals surface area contributed by atoms with E-state index in [9.17, 15) is 17.6 Å². The molecule has 0 radical (unpaired) electrons. The highest BCUT2D eigenvalue weighted by Gasteiger charge is 2.25. The summed E-state index contributed by atoms with van der Waals surface area (Å²) in [4.78, 5) is 19.6. The Morgan fingerprint density at radius 1 is 1.03 bits per heavy atom. The van der Waals surface area contributed by atoms with Gasteiger partial charge >= 0.3 is 0 Å². The maximum absolute atomic E-state index is 14.3. The quantitative estimate of drug-likeness (QED) is 0.279. The zero-order valence-electron chi connectivity index (χ0n) is 20.2. The average Bonchev–Trinajstić information content (AvgIpc) is 3.55. The predicted molar refractivity (Wildman–Crippen MR) is 139 cm³/mol. The van der Waals surface area contributed by atoms with Crippen LogP contribution in [0.3, 0.4) is 0 Å². The molecule has 0 aliphatic heterocycles. The minimum atomic E-state index is -3.66. The second-order valence-corrected chi connectivity index (χ2v) is 11.2. The van der Waals surface area contributed by atoms with Crippen molar-refractivity contribution in [2.24, 2.45) is 0 Å². The van der Waals surface area contributed by atoms with Crippen molar-refractivity contribution in [3.05, 3.63) is 72.3 Å². The molecule has 36 heavy (non-hydrogen) atoms. The lowest BCUT2D eigenvalue weighted by Gasteiger charge is -2.22. The van der Waals surface area contributed by atoms with Crippen molar-refractivity contribution in [1.29, 1.82) is 0 Å². The SMILES string of the molecule is CCCN(CCC)S(=O)(=O)c1ccc(C(=O)N(CCn2cccn2)c2nc3c(F)cccc3s2)cc1. The second-order valence-electron chi connectivity index (χ2n) is 8.24. The summed E-state index contributed by atoms with van der Waals surface area (Å²) < 4.78 is 44.3. The van der Waals surface area contributed by atoms with Crippen LogP contribution < -0.4 is 4.90 Å². The fraction of sp³-hybridized carbons (Fsp3) is 0.320. The Hall–Kier alpha value is -3.15. The summed E-state index contributed by atoms with van der Waals surface area (Å²) in [6.45, 7) is 5.41. The third-order valence-electron chi connectivity index (χ3n) is 5.63. The minimum Gasteiger partial charge on any atom is -0.282 e. The topological polar surface area (TPSA) is 88.4 Å². The molecule has 8 nitrogen and oxygen atoms in total. The lowest BCUT2D eigenvalue weighted by Crippen LogP contribution is -2.34. The van der Waals surface area contributed by atoms with E-state index in [0.29, 0.717) is 47.9 Å². The number of anilines is 1. The number of benzene rings is 2. The first-order valence-corrected chi connectivity index (χ1v) is 14.0. The van der Waals surface area contributed by atoms with Crippen molar-refractivity contribution in [1.82, 2.24) is 19.1 Å². The van der Waals surface area contributed by atoms with Crippen molar-refractivity contribution in [2.45, 2.75) is 38.1 Å². The van der Waals surface area contributed by atoms with E-state index >= 15 is 0 Å². The molecule has 11 heteroatoms. The van der Waals surface area contributed by atoms with E-state index in [1.54, 1.807) is 35.3 Å². The van der Waals surface area contributed by atoms with Crippen molar-refractivity contribution < 1.29 is 17.6 Å². The Bertz CT molecular complexity index is 1410. The number of fused-ring (bicyclic) bond motifs is 1. The number of hydrogen-bond acceptors (Lipinski definition) is 6. The number of aromatic nitrogens is 3. The third-order valence-corrected chi connectivity index (χ3v) is 8.59. The van der Waals surface area contributed by atoms with Crippen LogP contribution in [0.4, 0.5) is 9.52 Å². The number of amides is 1. The number of thiazole rings is 1. The molecule has 190 valence electrons. The molecule has 0 spiro atoms. The van der Waals surface area contributed by atoms with E-state index in [1.165, 1.54) is 50.9 Å². The molecule has 2 aromatic carbocycles. The van der Waals surface area contributed by atoms with Crippen LogP contribution in [0, 0.1) is 5.82 Å². The highest BCUT2D eigenvalue weighted by atomic mass is 32.2. The summed E-state index contributed by atoms with van der Waals surface area (Å²) in [7, 11) is -3.66. The summed E-state index contributed by atoms with van der Waals surface area (Å²) >= 11 is 1.22. The van der Waals surface area contributed by atoms with Gasteiger partial charge in [-0.3, -0.25) is 14.4 Å². The van der Waals surface area contributed by atoms with E-state index in [-0.39, 0.29) is 22.9 Å². The largest absolute Gasteiger partial charge is 0.282 e. The van der Waals surface area contributed by atoms with Gasteiger partial charge in [0.2, 0.25) is 10.0 Å². The molecule has 0 bridgehead atoms. The first kappa shape index (κ1) is 25.9. The van der Waals surface area contributed by atoms with Gasteiger partial charge in [-0.2, -0.15) is 9.40 Å². The second kappa shape index (κ2) is 11.3. The zero-order chi connectivity index (χ0) is 25.7. The maximum atomic E-state index is 14.3. The van der Waals surface area contributed by atoms with Crippen LogP contribution in [-0.4, -0.2) is 53.0 Å². The molecule has 0 fully saturated rings. The van der Waals surface area contributed by atoms with Crippen molar-refractivity contribution >= 4 is 42.6 Å². The molecule has 2 heterocycles. The Labute approximate surface area is 214 Å². The molecule has 0 saturated heterocycles. The Morgan fingerprint density at radius 3 is 2.36 bits per heavy atom. The third kappa shape index (κ3) is 5.48. The number of rotatable bonds is 11. The van der Waals surface area contributed by atoms with Crippen LogP contribution >= 0.6 is 11.3 Å². The first-order valence-electron chi connectivity index (χ1n) is 11.8. The standard InChI is InChI=1S/C25H28FN5O3S2/c1-3-14-30(15-4-2)36(33,34)20-11-9-19(10-12-20)24(32)31(18-17-29-16-6-13-27-29)25-28-23-21(26)7-5-8-22(23)35-25/h5-13,16H,3-4,14-15,17-18H2,1-2H3. The first-order chi connectivity index (χ1) is 17.3. The number of carbonyl (C=O) groups is 1. The maximum Gasteiger partial charge on any atom is 0.260 e. The highest BCUT2D eigenvalue weighted by Crippen LogP contribution is 2.31. The van der Waals surface area contributed by atoms with Crippen LogP contribution in [0.25, 0.3) is 10.2 Å². The van der Waals surface area contributed by atoms with Gasteiger partial charge < -0.3 is 0 Å². The van der Waals surface area contributed by atoms with Gasteiger partial charge in [0, 0.05) is 37.6 Å². The van der Waals surface area contributed by atoms with Gasteiger partial charge in [0.25, 0.3) is 5.91 Å². The van der Waals surface area contributed by atoms with Crippen molar-refractivity contribution in [3.63, 3.8) is 0 Å². The molecule has 0 aliphatic carbocycles. The molecule has 4 rings (SSSR count). The van der Waals surface area contributed by atoms with E-state index in [1.807, 2.05) is 13.8 Å². The number of hydrogen-bond donors (Lipinski definition) is 0. The van der Waals surface area contributed by atoms with Gasteiger partial charge in [-0.1, -0.05) is 31.3 Å². The van der Waals surface area contributed by atoms with Crippen molar-refractivity contribution in [2.75, 3.05) is 24.5 Å². The van der Waals surface area contributed by atoms with Crippen LogP contribution in [0.15, 0.2) is 65.8 Å².